The third-order valence-corrected chi connectivity index (χ3v) is 7.06. The molecule has 1 fully saturated rings. The Bertz CT molecular complexity index is 695. The molecule has 25 heavy (non-hydrogen) atoms. The molecule has 140 valence electrons. The number of nitrogens with zero attached hydrogens (tertiary/aromatic N) is 2. The van der Waals surface area contributed by atoms with Crippen molar-refractivity contribution >= 4 is 10.0 Å². The molecule has 0 aromatic heterocycles. The van der Waals surface area contributed by atoms with Crippen molar-refractivity contribution < 1.29 is 8.42 Å². The fourth-order valence-corrected chi connectivity index (χ4v) is 5.04. The zero-order valence-electron chi connectivity index (χ0n) is 15.7. The molecule has 1 aromatic carbocycles. The highest BCUT2D eigenvalue weighted by molar-refractivity contribution is 7.89. The Morgan fingerprint density at radius 3 is 2.44 bits per heavy atom. The summed E-state index contributed by atoms with van der Waals surface area (Å²) in [7, 11) is -1.31. The van der Waals surface area contributed by atoms with Crippen LogP contribution in [-0.2, 0) is 22.9 Å². The van der Waals surface area contributed by atoms with E-state index in [9.17, 15) is 8.42 Å². The first-order valence-corrected chi connectivity index (χ1v) is 10.9. The SMILES string of the molecule is CC(C)C(CNS(=O)(=O)c1ccc2c(c1)CCC2)N1CCN(C)CC1. The number of likely N-dealkylation sites (N-methyl/N-ethyl adjacent to an activating group) is 1. The van der Waals surface area contributed by atoms with E-state index in [2.05, 4.69) is 35.4 Å². The molecule has 0 spiro atoms. The van der Waals surface area contributed by atoms with Crippen LogP contribution >= 0.6 is 0 Å². The van der Waals surface area contributed by atoms with Crippen LogP contribution in [0.2, 0.25) is 0 Å². The van der Waals surface area contributed by atoms with Gasteiger partial charge in [0.25, 0.3) is 0 Å². The van der Waals surface area contributed by atoms with Crippen molar-refractivity contribution in [3.05, 3.63) is 29.3 Å². The monoisotopic (exact) mass is 365 g/mol. The Balaban J connectivity index is 1.67. The molecule has 6 heteroatoms. The van der Waals surface area contributed by atoms with Crippen LogP contribution in [0.15, 0.2) is 23.1 Å². The van der Waals surface area contributed by atoms with Crippen LogP contribution < -0.4 is 4.72 Å². The maximum atomic E-state index is 12.8. The first kappa shape index (κ1) is 18.8. The number of rotatable bonds is 6. The van der Waals surface area contributed by atoms with Crippen LogP contribution in [-0.4, -0.2) is 64.0 Å². The lowest BCUT2D eigenvalue weighted by atomic mass is 10.0. The average Bonchev–Trinajstić information content (AvgIpc) is 3.04. The van der Waals surface area contributed by atoms with Crippen molar-refractivity contribution in [3.8, 4) is 0 Å². The van der Waals surface area contributed by atoms with Crippen LogP contribution in [0, 0.1) is 5.92 Å². The largest absolute Gasteiger partial charge is 0.304 e. The maximum absolute atomic E-state index is 12.8. The number of hydrogen-bond donors (Lipinski definition) is 1. The van der Waals surface area contributed by atoms with Gasteiger partial charge in [-0.1, -0.05) is 19.9 Å². The zero-order chi connectivity index (χ0) is 18.0. The lowest BCUT2D eigenvalue weighted by molar-refractivity contribution is 0.0905. The number of fused-ring (bicyclic) bond motifs is 1. The molecule has 1 saturated heterocycles. The van der Waals surface area contributed by atoms with Crippen LogP contribution in [0.1, 0.15) is 31.4 Å². The molecule has 0 saturated carbocycles. The van der Waals surface area contributed by atoms with E-state index in [0.29, 0.717) is 17.4 Å². The van der Waals surface area contributed by atoms with Crippen molar-refractivity contribution in [2.24, 2.45) is 5.92 Å². The molecule has 1 aliphatic heterocycles. The second-order valence-electron chi connectivity index (χ2n) is 7.79. The van der Waals surface area contributed by atoms with Crippen molar-refractivity contribution in [1.29, 1.82) is 0 Å². The van der Waals surface area contributed by atoms with E-state index in [1.165, 1.54) is 11.1 Å². The molecule has 3 rings (SSSR count). The summed E-state index contributed by atoms with van der Waals surface area (Å²) >= 11 is 0. The van der Waals surface area contributed by atoms with E-state index in [1.807, 2.05) is 12.1 Å². The Labute approximate surface area is 152 Å². The molecular weight excluding hydrogens is 334 g/mol. The molecule has 1 aliphatic carbocycles. The quantitative estimate of drug-likeness (QED) is 0.834. The number of nitrogens with one attached hydrogen (secondary N) is 1. The highest BCUT2D eigenvalue weighted by Crippen LogP contribution is 2.24. The van der Waals surface area contributed by atoms with Crippen molar-refractivity contribution in [2.75, 3.05) is 39.8 Å². The topological polar surface area (TPSA) is 52.7 Å². The van der Waals surface area contributed by atoms with E-state index in [-0.39, 0.29) is 6.04 Å². The predicted octanol–water partition coefficient (Wildman–Crippen LogP) is 1.73. The first-order valence-electron chi connectivity index (χ1n) is 9.41. The average molecular weight is 366 g/mol. The van der Waals surface area contributed by atoms with Gasteiger partial charge in [0.15, 0.2) is 0 Å². The van der Waals surface area contributed by atoms with Gasteiger partial charge in [0, 0.05) is 38.8 Å². The standard InChI is InChI=1S/C19H31N3O2S/c1-15(2)19(22-11-9-21(3)10-12-22)14-20-25(23,24)18-8-7-16-5-4-6-17(16)13-18/h7-8,13,15,19-20H,4-6,9-12,14H2,1-3H3. The van der Waals surface area contributed by atoms with Gasteiger partial charge in [-0.05, 0) is 55.5 Å². The summed E-state index contributed by atoms with van der Waals surface area (Å²) in [5.74, 6) is 0.408. The Kier molecular flexibility index (Phi) is 5.83. The molecule has 1 heterocycles. The lowest BCUT2D eigenvalue weighted by Gasteiger charge is -2.39. The predicted molar refractivity (Wildman–Crippen MR) is 101 cm³/mol. The minimum Gasteiger partial charge on any atom is -0.304 e. The van der Waals surface area contributed by atoms with E-state index in [0.717, 1.165) is 45.4 Å². The van der Waals surface area contributed by atoms with Gasteiger partial charge < -0.3 is 4.90 Å². The molecule has 0 radical (unpaired) electrons. The molecule has 1 aromatic rings. The molecule has 0 bridgehead atoms. The second kappa shape index (κ2) is 7.74. The van der Waals surface area contributed by atoms with E-state index in [4.69, 9.17) is 0 Å². The summed E-state index contributed by atoms with van der Waals surface area (Å²) in [6.45, 7) is 8.90. The van der Waals surface area contributed by atoms with Gasteiger partial charge in [-0.2, -0.15) is 0 Å². The Morgan fingerprint density at radius 1 is 1.08 bits per heavy atom. The molecule has 2 aliphatic rings. The van der Waals surface area contributed by atoms with Gasteiger partial charge in [-0.25, -0.2) is 13.1 Å². The first-order chi connectivity index (χ1) is 11.9. The van der Waals surface area contributed by atoms with Crippen LogP contribution in [0.3, 0.4) is 0 Å². The number of piperazine rings is 1. The zero-order valence-corrected chi connectivity index (χ0v) is 16.5. The maximum Gasteiger partial charge on any atom is 0.240 e. The summed E-state index contributed by atoms with van der Waals surface area (Å²) in [6, 6.07) is 5.84. The highest BCUT2D eigenvalue weighted by atomic mass is 32.2. The highest BCUT2D eigenvalue weighted by Gasteiger charge is 2.27. The fourth-order valence-electron chi connectivity index (χ4n) is 3.93. The number of sulfonamides is 1. The normalized spacial score (nSPS) is 20.8. The molecule has 1 N–H and O–H groups in total. The lowest BCUT2D eigenvalue weighted by Crippen LogP contribution is -2.54. The molecule has 1 unspecified atom stereocenters. The summed E-state index contributed by atoms with van der Waals surface area (Å²) in [5.41, 5.74) is 2.50. The summed E-state index contributed by atoms with van der Waals surface area (Å²) in [4.78, 5) is 5.16. The molecule has 5 nitrogen and oxygen atoms in total. The fraction of sp³-hybridized carbons (Fsp3) is 0.684. The van der Waals surface area contributed by atoms with Gasteiger partial charge in [0.2, 0.25) is 10.0 Å². The van der Waals surface area contributed by atoms with Gasteiger partial charge in [-0.15, -0.1) is 0 Å². The number of benzene rings is 1. The summed E-state index contributed by atoms with van der Waals surface area (Å²) in [6.07, 6.45) is 3.20. The van der Waals surface area contributed by atoms with Crippen molar-refractivity contribution in [3.63, 3.8) is 0 Å². The minimum atomic E-state index is -3.45. The third kappa shape index (κ3) is 4.42. The van der Waals surface area contributed by atoms with E-state index in [1.54, 1.807) is 6.07 Å². The van der Waals surface area contributed by atoms with Gasteiger partial charge in [0.05, 0.1) is 4.90 Å². The van der Waals surface area contributed by atoms with Crippen LogP contribution in [0.4, 0.5) is 0 Å². The smallest absolute Gasteiger partial charge is 0.240 e. The summed E-state index contributed by atoms with van der Waals surface area (Å²) in [5, 5.41) is 0. The third-order valence-electron chi connectivity index (χ3n) is 5.64. The number of hydrogen-bond acceptors (Lipinski definition) is 4. The van der Waals surface area contributed by atoms with Gasteiger partial charge in [0.1, 0.15) is 0 Å². The summed E-state index contributed by atoms with van der Waals surface area (Å²) < 4.78 is 28.4. The van der Waals surface area contributed by atoms with Crippen molar-refractivity contribution in [2.45, 2.75) is 44.0 Å². The molecule has 1 atom stereocenters. The molecule has 0 amide bonds. The Hall–Kier alpha value is -0.950. The van der Waals surface area contributed by atoms with Gasteiger partial charge in [-0.3, -0.25) is 4.90 Å². The van der Waals surface area contributed by atoms with Crippen LogP contribution in [0.5, 0.6) is 0 Å². The number of aryl methyl sites for hydroxylation is 2. The van der Waals surface area contributed by atoms with E-state index < -0.39 is 10.0 Å². The van der Waals surface area contributed by atoms with Gasteiger partial charge >= 0.3 is 0 Å². The van der Waals surface area contributed by atoms with Crippen molar-refractivity contribution in [1.82, 2.24) is 14.5 Å². The minimum absolute atomic E-state index is 0.234. The second-order valence-corrected chi connectivity index (χ2v) is 9.55. The van der Waals surface area contributed by atoms with E-state index >= 15 is 0 Å². The van der Waals surface area contributed by atoms with Crippen LogP contribution in [0.25, 0.3) is 0 Å². The molecular formula is C19H31N3O2S. The Morgan fingerprint density at radius 2 is 1.76 bits per heavy atom.